The lowest BCUT2D eigenvalue weighted by atomic mass is 10.3. The van der Waals surface area contributed by atoms with Crippen molar-refractivity contribution in [3.05, 3.63) is 72.2 Å². The van der Waals surface area contributed by atoms with Crippen LogP contribution in [0.15, 0.2) is 65.1 Å². The molecule has 1 aromatic heterocycles. The normalized spacial score (nSPS) is 10.3. The molecule has 0 fully saturated rings. The van der Waals surface area contributed by atoms with Crippen molar-refractivity contribution in [2.75, 3.05) is 19.0 Å². The average molecular weight is 367 g/mol. The van der Waals surface area contributed by atoms with Gasteiger partial charge >= 0.3 is 0 Å². The van der Waals surface area contributed by atoms with Crippen LogP contribution in [0.2, 0.25) is 0 Å². The molecule has 3 aromatic rings. The quantitative estimate of drug-likeness (QED) is 0.634. The summed E-state index contributed by atoms with van der Waals surface area (Å²) in [6, 6.07) is 17.8. The summed E-state index contributed by atoms with van der Waals surface area (Å²) in [6.07, 6.45) is 0. The Labute approximate surface area is 157 Å². The number of benzene rings is 2. The fourth-order valence-electron chi connectivity index (χ4n) is 2.42. The molecule has 6 nitrogen and oxygen atoms in total. The Bertz CT molecular complexity index is 886. The predicted octanol–water partition coefficient (Wildman–Crippen LogP) is 4.52. The van der Waals surface area contributed by atoms with Gasteiger partial charge < -0.3 is 23.9 Å². The van der Waals surface area contributed by atoms with Gasteiger partial charge in [0.15, 0.2) is 5.76 Å². The summed E-state index contributed by atoms with van der Waals surface area (Å²) in [5.41, 5.74) is 0.628. The summed E-state index contributed by atoms with van der Waals surface area (Å²) in [7, 11) is 1.57. The molecular weight excluding hydrogens is 346 g/mol. The van der Waals surface area contributed by atoms with Gasteiger partial charge in [0.2, 0.25) is 0 Å². The van der Waals surface area contributed by atoms with Gasteiger partial charge in [-0.3, -0.25) is 4.79 Å². The largest absolute Gasteiger partial charge is 0.497 e. The maximum atomic E-state index is 12.3. The molecule has 0 radical (unpaired) electrons. The molecule has 0 aliphatic carbocycles. The number of furan rings is 1. The zero-order chi connectivity index (χ0) is 19.1. The molecule has 2 aromatic carbocycles. The Morgan fingerprint density at radius 1 is 0.963 bits per heavy atom. The number of ether oxygens (including phenoxy) is 3. The van der Waals surface area contributed by atoms with Crippen LogP contribution in [0.25, 0.3) is 0 Å². The third-order valence-electron chi connectivity index (χ3n) is 3.73. The van der Waals surface area contributed by atoms with Gasteiger partial charge in [-0.05, 0) is 55.5 Å². The van der Waals surface area contributed by atoms with E-state index >= 15 is 0 Å². The van der Waals surface area contributed by atoms with Gasteiger partial charge in [-0.15, -0.1) is 0 Å². The highest BCUT2D eigenvalue weighted by Crippen LogP contribution is 2.20. The zero-order valence-corrected chi connectivity index (χ0v) is 15.2. The number of amides is 1. The molecule has 0 saturated heterocycles. The van der Waals surface area contributed by atoms with E-state index in [0.29, 0.717) is 29.6 Å². The van der Waals surface area contributed by atoms with Crippen LogP contribution in [-0.2, 0) is 6.61 Å². The smallest absolute Gasteiger partial charge is 0.291 e. The highest BCUT2D eigenvalue weighted by Gasteiger charge is 2.12. The number of methoxy groups -OCH3 is 1. The molecule has 0 atom stereocenters. The number of hydrogen-bond donors (Lipinski definition) is 1. The second kappa shape index (κ2) is 8.80. The summed E-state index contributed by atoms with van der Waals surface area (Å²) >= 11 is 0. The molecule has 6 heteroatoms. The van der Waals surface area contributed by atoms with Crippen molar-refractivity contribution >= 4 is 11.6 Å². The van der Waals surface area contributed by atoms with Crippen LogP contribution < -0.4 is 19.5 Å². The molecule has 27 heavy (non-hydrogen) atoms. The van der Waals surface area contributed by atoms with Crippen LogP contribution in [0.4, 0.5) is 5.69 Å². The Balaban J connectivity index is 1.56. The highest BCUT2D eigenvalue weighted by molar-refractivity contribution is 6.02. The van der Waals surface area contributed by atoms with E-state index in [1.165, 1.54) is 0 Å². The van der Waals surface area contributed by atoms with E-state index in [9.17, 15) is 4.79 Å². The van der Waals surface area contributed by atoms with Crippen LogP contribution >= 0.6 is 0 Å². The standard InChI is InChI=1S/C21H21NO5/c1-3-25-16-7-9-17(10-8-16)26-14-19-11-12-20(27-19)21(23)22-15-5-4-6-18(13-15)24-2/h4-13H,3,14H2,1-2H3,(H,22,23). The summed E-state index contributed by atoms with van der Waals surface area (Å²) in [4.78, 5) is 12.3. The Hall–Kier alpha value is -3.41. The van der Waals surface area contributed by atoms with E-state index in [1.807, 2.05) is 31.2 Å². The van der Waals surface area contributed by atoms with Crippen LogP contribution in [0.3, 0.4) is 0 Å². The molecule has 0 aliphatic heterocycles. The summed E-state index contributed by atoms with van der Waals surface area (Å²) < 4.78 is 21.8. The van der Waals surface area contributed by atoms with Gasteiger partial charge in [-0.1, -0.05) is 6.07 Å². The van der Waals surface area contributed by atoms with Crippen LogP contribution in [-0.4, -0.2) is 19.6 Å². The van der Waals surface area contributed by atoms with Crippen molar-refractivity contribution in [2.45, 2.75) is 13.5 Å². The third kappa shape index (κ3) is 5.04. The van der Waals surface area contributed by atoms with Crippen molar-refractivity contribution in [3.63, 3.8) is 0 Å². The summed E-state index contributed by atoms with van der Waals surface area (Å²) in [6.45, 7) is 2.77. The maximum Gasteiger partial charge on any atom is 0.291 e. The highest BCUT2D eigenvalue weighted by atomic mass is 16.5. The van der Waals surface area contributed by atoms with Gasteiger partial charge in [0.25, 0.3) is 5.91 Å². The first kappa shape index (κ1) is 18.4. The van der Waals surface area contributed by atoms with E-state index in [4.69, 9.17) is 18.6 Å². The minimum Gasteiger partial charge on any atom is -0.497 e. The SMILES string of the molecule is CCOc1ccc(OCc2ccc(C(=O)Nc3cccc(OC)c3)o2)cc1. The topological polar surface area (TPSA) is 69.9 Å². The van der Waals surface area contributed by atoms with E-state index < -0.39 is 0 Å². The molecule has 0 bridgehead atoms. The predicted molar refractivity (Wildman–Crippen MR) is 102 cm³/mol. The number of hydrogen-bond acceptors (Lipinski definition) is 5. The summed E-state index contributed by atoms with van der Waals surface area (Å²) in [5.74, 6) is 2.58. The fourth-order valence-corrected chi connectivity index (χ4v) is 2.42. The zero-order valence-electron chi connectivity index (χ0n) is 15.2. The first-order chi connectivity index (χ1) is 13.2. The minimum atomic E-state index is -0.337. The van der Waals surface area contributed by atoms with E-state index in [-0.39, 0.29) is 18.3 Å². The minimum absolute atomic E-state index is 0.211. The second-order valence-electron chi connectivity index (χ2n) is 5.65. The molecule has 0 aliphatic rings. The van der Waals surface area contributed by atoms with Gasteiger partial charge in [0.1, 0.15) is 29.6 Å². The molecule has 0 saturated carbocycles. The molecule has 3 rings (SSSR count). The Morgan fingerprint density at radius 2 is 1.70 bits per heavy atom. The first-order valence-electron chi connectivity index (χ1n) is 8.57. The number of rotatable bonds is 8. The number of anilines is 1. The van der Waals surface area contributed by atoms with E-state index in [2.05, 4.69) is 5.32 Å². The Kier molecular flexibility index (Phi) is 5.99. The van der Waals surface area contributed by atoms with Crippen molar-refractivity contribution in [1.29, 1.82) is 0 Å². The molecule has 1 N–H and O–H groups in total. The Morgan fingerprint density at radius 3 is 2.41 bits per heavy atom. The number of carbonyl (C=O) groups is 1. The van der Waals surface area contributed by atoms with Gasteiger partial charge in [0, 0.05) is 11.8 Å². The lowest BCUT2D eigenvalue weighted by Crippen LogP contribution is -2.10. The van der Waals surface area contributed by atoms with Crippen molar-refractivity contribution < 1.29 is 23.4 Å². The number of nitrogens with one attached hydrogen (secondary N) is 1. The van der Waals surface area contributed by atoms with Crippen molar-refractivity contribution in [1.82, 2.24) is 0 Å². The molecule has 1 heterocycles. The van der Waals surface area contributed by atoms with Crippen molar-refractivity contribution in [2.24, 2.45) is 0 Å². The monoisotopic (exact) mass is 367 g/mol. The van der Waals surface area contributed by atoms with Crippen LogP contribution in [0, 0.1) is 0 Å². The van der Waals surface area contributed by atoms with E-state index in [0.717, 1.165) is 5.75 Å². The van der Waals surface area contributed by atoms with Gasteiger partial charge in [0.05, 0.1) is 13.7 Å². The van der Waals surface area contributed by atoms with Crippen LogP contribution in [0.5, 0.6) is 17.2 Å². The average Bonchev–Trinajstić information content (AvgIpc) is 3.17. The molecular formula is C21H21NO5. The molecule has 1 amide bonds. The lowest BCUT2D eigenvalue weighted by molar-refractivity contribution is 0.0992. The van der Waals surface area contributed by atoms with Crippen LogP contribution in [0.1, 0.15) is 23.2 Å². The molecule has 140 valence electrons. The third-order valence-corrected chi connectivity index (χ3v) is 3.73. The van der Waals surface area contributed by atoms with E-state index in [1.54, 1.807) is 43.5 Å². The number of carbonyl (C=O) groups excluding carboxylic acids is 1. The fraction of sp³-hybridized carbons (Fsp3) is 0.190. The summed E-state index contributed by atoms with van der Waals surface area (Å²) in [5, 5.41) is 2.77. The maximum absolute atomic E-state index is 12.3. The second-order valence-corrected chi connectivity index (χ2v) is 5.65. The first-order valence-corrected chi connectivity index (χ1v) is 8.57. The van der Waals surface area contributed by atoms with Gasteiger partial charge in [-0.2, -0.15) is 0 Å². The van der Waals surface area contributed by atoms with Crippen molar-refractivity contribution in [3.8, 4) is 17.2 Å². The lowest BCUT2D eigenvalue weighted by Gasteiger charge is -2.07. The van der Waals surface area contributed by atoms with Gasteiger partial charge in [-0.25, -0.2) is 0 Å². The molecule has 0 unspecified atom stereocenters. The molecule has 0 spiro atoms.